The van der Waals surface area contributed by atoms with Crippen LogP contribution in [0.1, 0.15) is 34.9 Å². The van der Waals surface area contributed by atoms with Crippen molar-refractivity contribution in [1.82, 2.24) is 14.9 Å². The van der Waals surface area contributed by atoms with Crippen molar-refractivity contribution < 1.29 is 9.18 Å². The predicted octanol–water partition coefficient (Wildman–Crippen LogP) is 1.75. The number of carbonyl (C=O) groups is 1. The number of nitrogens with one attached hydrogen (secondary N) is 1. The highest BCUT2D eigenvalue weighted by Crippen LogP contribution is 2.37. The molecular formula is C18H19FN4O2. The Hall–Kier alpha value is -2.70. The summed E-state index contributed by atoms with van der Waals surface area (Å²) in [4.78, 5) is 35.3. The maximum atomic E-state index is 13.9. The van der Waals surface area contributed by atoms with Crippen LogP contribution in [0.2, 0.25) is 0 Å². The summed E-state index contributed by atoms with van der Waals surface area (Å²) < 4.78 is 13.9. The number of amides is 1. The third kappa shape index (κ3) is 3.14. The van der Waals surface area contributed by atoms with Crippen LogP contribution in [0.15, 0.2) is 35.3 Å². The first-order valence-electron chi connectivity index (χ1n) is 8.51. The molecule has 2 aromatic rings. The first-order valence-corrected chi connectivity index (χ1v) is 8.51. The van der Waals surface area contributed by atoms with Crippen molar-refractivity contribution in [2.75, 3.05) is 31.1 Å². The van der Waals surface area contributed by atoms with Crippen molar-refractivity contribution in [1.29, 1.82) is 0 Å². The van der Waals surface area contributed by atoms with Gasteiger partial charge in [-0.25, -0.2) is 9.37 Å². The van der Waals surface area contributed by atoms with Crippen LogP contribution in [0.5, 0.6) is 0 Å². The first-order chi connectivity index (χ1) is 12.1. The second-order valence-corrected chi connectivity index (χ2v) is 6.52. The third-order valence-electron chi connectivity index (χ3n) is 4.77. The molecule has 0 spiro atoms. The summed E-state index contributed by atoms with van der Waals surface area (Å²) >= 11 is 0. The number of hydrogen-bond donors (Lipinski definition) is 1. The zero-order valence-corrected chi connectivity index (χ0v) is 13.7. The fraction of sp³-hybridized carbons (Fsp3) is 0.389. The van der Waals surface area contributed by atoms with Crippen LogP contribution in [-0.2, 0) is 0 Å². The topological polar surface area (TPSA) is 69.3 Å². The lowest BCUT2D eigenvalue weighted by Crippen LogP contribution is -2.50. The van der Waals surface area contributed by atoms with Crippen molar-refractivity contribution in [3.8, 4) is 0 Å². The molecular weight excluding hydrogens is 323 g/mol. The number of piperazine rings is 1. The summed E-state index contributed by atoms with van der Waals surface area (Å²) in [6.45, 7) is 1.93. The van der Waals surface area contributed by atoms with E-state index in [9.17, 15) is 14.0 Å². The Morgan fingerprint density at radius 2 is 1.88 bits per heavy atom. The second kappa shape index (κ2) is 6.31. The Balaban J connectivity index is 1.44. The fourth-order valence-electron chi connectivity index (χ4n) is 3.15. The maximum Gasteiger partial charge on any atom is 0.263 e. The summed E-state index contributed by atoms with van der Waals surface area (Å²) in [6, 6.07) is 6.61. The van der Waals surface area contributed by atoms with Gasteiger partial charge in [0, 0.05) is 38.3 Å². The van der Waals surface area contributed by atoms with Crippen molar-refractivity contribution >= 4 is 11.6 Å². The van der Waals surface area contributed by atoms with E-state index in [0.717, 1.165) is 12.8 Å². The molecule has 1 aromatic carbocycles. The van der Waals surface area contributed by atoms with E-state index in [4.69, 9.17) is 0 Å². The molecule has 1 aromatic heterocycles. The van der Waals surface area contributed by atoms with Gasteiger partial charge in [0.1, 0.15) is 17.2 Å². The van der Waals surface area contributed by atoms with Gasteiger partial charge in [-0.05, 0) is 25.0 Å². The summed E-state index contributed by atoms with van der Waals surface area (Å²) in [7, 11) is 0. The minimum atomic E-state index is -0.376. The number of halogens is 1. The number of aromatic nitrogens is 2. The monoisotopic (exact) mass is 342 g/mol. The fourth-order valence-corrected chi connectivity index (χ4v) is 3.15. The first kappa shape index (κ1) is 15.8. The molecule has 2 fully saturated rings. The smallest absolute Gasteiger partial charge is 0.263 e. The molecule has 1 amide bonds. The highest BCUT2D eigenvalue weighted by atomic mass is 19.1. The largest absolute Gasteiger partial charge is 0.366 e. The van der Waals surface area contributed by atoms with Crippen LogP contribution in [-0.4, -0.2) is 47.0 Å². The normalized spacial score (nSPS) is 17.6. The minimum Gasteiger partial charge on any atom is -0.366 e. The molecule has 1 saturated heterocycles. The van der Waals surface area contributed by atoms with E-state index in [1.54, 1.807) is 23.1 Å². The zero-order chi connectivity index (χ0) is 17.4. The van der Waals surface area contributed by atoms with Crippen LogP contribution in [0, 0.1) is 5.82 Å². The van der Waals surface area contributed by atoms with Crippen LogP contribution >= 0.6 is 0 Å². The third-order valence-corrected chi connectivity index (χ3v) is 4.77. The molecule has 0 radical (unpaired) electrons. The summed E-state index contributed by atoms with van der Waals surface area (Å²) in [5.74, 6) is 0.426. The molecule has 1 saturated carbocycles. The number of benzene rings is 1. The molecule has 2 heterocycles. The van der Waals surface area contributed by atoms with E-state index in [2.05, 4.69) is 9.97 Å². The molecule has 7 heteroatoms. The zero-order valence-electron chi connectivity index (χ0n) is 13.7. The SMILES string of the molecule is O=C(c1cnc(C2CC2)[nH]c1=O)N1CCN(c2ccccc2F)CC1. The van der Waals surface area contributed by atoms with Crippen molar-refractivity contribution in [3.05, 3.63) is 58.0 Å². The van der Waals surface area contributed by atoms with E-state index in [0.29, 0.717) is 43.6 Å². The Labute approximate surface area is 144 Å². The van der Waals surface area contributed by atoms with E-state index < -0.39 is 0 Å². The highest BCUT2D eigenvalue weighted by molar-refractivity contribution is 5.93. The van der Waals surface area contributed by atoms with Crippen molar-refractivity contribution in [3.63, 3.8) is 0 Å². The van der Waals surface area contributed by atoms with Gasteiger partial charge in [-0.3, -0.25) is 9.59 Å². The average Bonchev–Trinajstić information content (AvgIpc) is 3.47. The lowest BCUT2D eigenvalue weighted by atomic mass is 10.2. The Morgan fingerprint density at radius 1 is 1.16 bits per heavy atom. The number of rotatable bonds is 3. The van der Waals surface area contributed by atoms with Crippen LogP contribution in [0.4, 0.5) is 10.1 Å². The van der Waals surface area contributed by atoms with E-state index >= 15 is 0 Å². The van der Waals surface area contributed by atoms with Gasteiger partial charge in [0.05, 0.1) is 5.69 Å². The number of para-hydroxylation sites is 1. The van der Waals surface area contributed by atoms with Crippen LogP contribution in [0.3, 0.4) is 0 Å². The summed E-state index contributed by atoms with van der Waals surface area (Å²) in [5, 5.41) is 0. The van der Waals surface area contributed by atoms with Gasteiger partial charge < -0.3 is 14.8 Å². The lowest BCUT2D eigenvalue weighted by Gasteiger charge is -2.36. The van der Waals surface area contributed by atoms with Gasteiger partial charge >= 0.3 is 0 Å². The van der Waals surface area contributed by atoms with E-state index in [1.165, 1.54) is 12.3 Å². The van der Waals surface area contributed by atoms with Crippen molar-refractivity contribution in [2.45, 2.75) is 18.8 Å². The van der Waals surface area contributed by atoms with Gasteiger partial charge in [0.25, 0.3) is 11.5 Å². The number of carbonyl (C=O) groups excluding carboxylic acids is 1. The standard InChI is InChI=1S/C18H19FN4O2/c19-14-3-1-2-4-15(14)22-7-9-23(10-8-22)18(25)13-11-20-16(12-5-6-12)21-17(13)24/h1-4,11-12H,5-10H2,(H,20,21,24). The van der Waals surface area contributed by atoms with Gasteiger partial charge in [0.2, 0.25) is 0 Å². The number of anilines is 1. The molecule has 2 aliphatic rings. The average molecular weight is 342 g/mol. The Morgan fingerprint density at radius 3 is 2.52 bits per heavy atom. The van der Waals surface area contributed by atoms with Gasteiger partial charge in [-0.1, -0.05) is 12.1 Å². The van der Waals surface area contributed by atoms with Gasteiger partial charge in [-0.2, -0.15) is 0 Å². The molecule has 0 atom stereocenters. The molecule has 1 aliphatic carbocycles. The predicted molar refractivity (Wildman–Crippen MR) is 91.3 cm³/mol. The molecule has 1 aliphatic heterocycles. The van der Waals surface area contributed by atoms with E-state index in [-0.39, 0.29) is 22.8 Å². The minimum absolute atomic E-state index is 0.0729. The molecule has 6 nitrogen and oxygen atoms in total. The number of hydrogen-bond acceptors (Lipinski definition) is 4. The number of nitrogens with zero attached hydrogens (tertiary/aromatic N) is 3. The molecule has 130 valence electrons. The molecule has 4 rings (SSSR count). The van der Waals surface area contributed by atoms with Gasteiger partial charge in [0.15, 0.2) is 0 Å². The number of H-pyrrole nitrogens is 1. The van der Waals surface area contributed by atoms with Crippen LogP contribution < -0.4 is 10.5 Å². The Bertz CT molecular complexity index is 854. The quantitative estimate of drug-likeness (QED) is 0.923. The highest BCUT2D eigenvalue weighted by Gasteiger charge is 2.28. The van der Waals surface area contributed by atoms with Crippen LogP contribution in [0.25, 0.3) is 0 Å². The Kier molecular flexibility index (Phi) is 3.99. The summed E-state index contributed by atoms with van der Waals surface area (Å²) in [6.07, 6.45) is 3.46. The maximum absolute atomic E-state index is 13.9. The second-order valence-electron chi connectivity index (χ2n) is 6.52. The molecule has 0 bridgehead atoms. The number of aromatic amines is 1. The van der Waals surface area contributed by atoms with Gasteiger partial charge in [-0.15, -0.1) is 0 Å². The molecule has 1 N–H and O–H groups in total. The lowest BCUT2D eigenvalue weighted by molar-refractivity contribution is 0.0744. The molecule has 0 unspecified atom stereocenters. The van der Waals surface area contributed by atoms with E-state index in [1.807, 2.05) is 4.90 Å². The van der Waals surface area contributed by atoms with Crippen molar-refractivity contribution in [2.24, 2.45) is 0 Å². The summed E-state index contributed by atoms with van der Waals surface area (Å²) in [5.41, 5.74) is 0.241. The molecule has 25 heavy (non-hydrogen) atoms.